The number of hydrogen-bond donors (Lipinski definition) is 1. The Hall–Kier alpha value is -0.900. The highest BCUT2D eigenvalue weighted by atomic mass is 32.2. The second-order valence-electron chi connectivity index (χ2n) is 4.87. The molecular formula is C13H18FNOS. The van der Waals surface area contributed by atoms with E-state index in [1.165, 1.54) is 24.6 Å². The van der Waals surface area contributed by atoms with Gasteiger partial charge in [-0.25, -0.2) is 4.39 Å². The second-order valence-corrected chi connectivity index (χ2v) is 6.57. The Morgan fingerprint density at radius 3 is 2.88 bits per heavy atom. The highest BCUT2D eigenvalue weighted by Gasteiger charge is 2.26. The van der Waals surface area contributed by atoms with Gasteiger partial charge >= 0.3 is 0 Å². The predicted octanol–water partition coefficient (Wildman–Crippen LogP) is 3.09. The van der Waals surface area contributed by atoms with E-state index in [1.807, 2.05) is 0 Å². The van der Waals surface area contributed by atoms with Crippen LogP contribution in [0.5, 0.6) is 0 Å². The number of rotatable bonds is 2. The van der Waals surface area contributed by atoms with Gasteiger partial charge in [0, 0.05) is 10.9 Å². The number of anilines is 1. The third kappa shape index (κ3) is 2.86. The molecule has 1 aliphatic carbocycles. The van der Waals surface area contributed by atoms with Crippen molar-refractivity contribution in [1.29, 1.82) is 0 Å². The Morgan fingerprint density at radius 1 is 1.41 bits per heavy atom. The molecule has 3 atom stereocenters. The standard InChI is InChI=1S/C13H18FNOS/c1-9-3-2-4-11(7-9)17(16)13-8-10(14)5-6-12(13)15/h5-6,8-9,11H,2-4,7,15H2,1H3. The lowest BCUT2D eigenvalue weighted by atomic mass is 9.91. The van der Waals surface area contributed by atoms with Crippen LogP contribution in [0.15, 0.2) is 23.1 Å². The summed E-state index contributed by atoms with van der Waals surface area (Å²) >= 11 is 0. The van der Waals surface area contributed by atoms with E-state index in [0.29, 0.717) is 16.5 Å². The van der Waals surface area contributed by atoms with Gasteiger partial charge in [-0.2, -0.15) is 0 Å². The summed E-state index contributed by atoms with van der Waals surface area (Å²) in [6.45, 7) is 2.18. The zero-order chi connectivity index (χ0) is 12.4. The maximum absolute atomic E-state index is 13.2. The average Bonchev–Trinajstić information content (AvgIpc) is 2.31. The summed E-state index contributed by atoms with van der Waals surface area (Å²) < 4.78 is 25.5. The molecule has 1 fully saturated rings. The fourth-order valence-electron chi connectivity index (χ4n) is 2.43. The Bertz CT molecular complexity index is 435. The van der Waals surface area contributed by atoms with Crippen molar-refractivity contribution in [1.82, 2.24) is 0 Å². The first-order valence-corrected chi connectivity index (χ1v) is 7.25. The zero-order valence-electron chi connectivity index (χ0n) is 9.99. The van der Waals surface area contributed by atoms with E-state index in [2.05, 4.69) is 6.92 Å². The first kappa shape index (κ1) is 12.6. The van der Waals surface area contributed by atoms with E-state index < -0.39 is 10.8 Å². The van der Waals surface area contributed by atoms with Gasteiger partial charge in [0.15, 0.2) is 0 Å². The van der Waals surface area contributed by atoms with Crippen molar-refractivity contribution in [2.24, 2.45) is 5.92 Å². The molecule has 94 valence electrons. The van der Waals surface area contributed by atoms with E-state index in [4.69, 9.17) is 5.73 Å². The summed E-state index contributed by atoms with van der Waals surface area (Å²) in [4.78, 5) is 0.462. The minimum Gasteiger partial charge on any atom is -0.398 e. The van der Waals surface area contributed by atoms with Gasteiger partial charge in [-0.1, -0.05) is 19.8 Å². The fraction of sp³-hybridized carbons (Fsp3) is 0.538. The lowest BCUT2D eigenvalue weighted by molar-refractivity contribution is 0.389. The van der Waals surface area contributed by atoms with Crippen LogP contribution in [0.1, 0.15) is 32.6 Å². The molecule has 0 aromatic heterocycles. The molecule has 1 aromatic rings. The molecule has 2 nitrogen and oxygen atoms in total. The summed E-state index contributed by atoms with van der Waals surface area (Å²) in [7, 11) is -1.18. The van der Waals surface area contributed by atoms with E-state index >= 15 is 0 Å². The van der Waals surface area contributed by atoms with Gasteiger partial charge in [-0.05, 0) is 37.0 Å². The topological polar surface area (TPSA) is 43.1 Å². The minimum absolute atomic E-state index is 0.128. The minimum atomic E-state index is -1.18. The fourth-order valence-corrected chi connectivity index (χ4v) is 4.21. The molecule has 0 heterocycles. The molecule has 1 aliphatic rings. The molecule has 0 amide bonds. The molecule has 0 radical (unpaired) electrons. The maximum Gasteiger partial charge on any atom is 0.124 e. The molecule has 1 saturated carbocycles. The number of hydrogen-bond acceptors (Lipinski definition) is 2. The van der Waals surface area contributed by atoms with Crippen LogP contribution in [0.4, 0.5) is 10.1 Å². The lowest BCUT2D eigenvalue weighted by Gasteiger charge is -2.26. The third-order valence-corrected chi connectivity index (χ3v) is 5.20. The molecule has 1 aromatic carbocycles. The van der Waals surface area contributed by atoms with Crippen molar-refractivity contribution in [3.63, 3.8) is 0 Å². The van der Waals surface area contributed by atoms with Gasteiger partial charge in [-0.3, -0.25) is 4.21 Å². The lowest BCUT2D eigenvalue weighted by Crippen LogP contribution is -2.23. The van der Waals surface area contributed by atoms with Gasteiger partial charge in [0.25, 0.3) is 0 Å². The second kappa shape index (κ2) is 5.17. The first-order valence-electron chi connectivity index (χ1n) is 6.03. The number of nitrogen functional groups attached to an aromatic ring is 1. The number of halogens is 1. The Kier molecular flexibility index (Phi) is 3.82. The van der Waals surface area contributed by atoms with Crippen LogP contribution in [-0.2, 0) is 10.8 Å². The monoisotopic (exact) mass is 255 g/mol. The summed E-state index contributed by atoms with van der Waals surface area (Å²) in [6, 6.07) is 4.11. The van der Waals surface area contributed by atoms with Crippen molar-refractivity contribution in [3.05, 3.63) is 24.0 Å². The summed E-state index contributed by atoms with van der Waals surface area (Å²) in [5.41, 5.74) is 6.21. The SMILES string of the molecule is CC1CCCC(S(=O)c2cc(F)ccc2N)C1. The van der Waals surface area contributed by atoms with Crippen LogP contribution in [-0.4, -0.2) is 9.46 Å². The molecule has 0 aliphatic heterocycles. The Labute approximate surface area is 104 Å². The van der Waals surface area contributed by atoms with Crippen LogP contribution in [0.2, 0.25) is 0 Å². The summed E-state index contributed by atoms with van der Waals surface area (Å²) in [5, 5.41) is 0.128. The molecule has 17 heavy (non-hydrogen) atoms. The van der Waals surface area contributed by atoms with Crippen molar-refractivity contribution in [2.75, 3.05) is 5.73 Å². The van der Waals surface area contributed by atoms with Gasteiger partial charge in [-0.15, -0.1) is 0 Å². The van der Waals surface area contributed by atoms with Crippen molar-refractivity contribution in [3.8, 4) is 0 Å². The Balaban J connectivity index is 2.21. The maximum atomic E-state index is 13.2. The quantitative estimate of drug-likeness (QED) is 0.825. The molecule has 2 N–H and O–H groups in total. The van der Waals surface area contributed by atoms with E-state index in [0.717, 1.165) is 19.3 Å². The van der Waals surface area contributed by atoms with Crippen LogP contribution >= 0.6 is 0 Å². The van der Waals surface area contributed by atoms with Gasteiger partial charge in [0.05, 0.1) is 15.7 Å². The zero-order valence-corrected chi connectivity index (χ0v) is 10.8. The third-order valence-electron chi connectivity index (χ3n) is 3.38. The molecule has 0 bridgehead atoms. The van der Waals surface area contributed by atoms with Crippen molar-refractivity contribution >= 4 is 16.5 Å². The highest BCUT2D eigenvalue weighted by molar-refractivity contribution is 7.85. The molecule has 3 unspecified atom stereocenters. The van der Waals surface area contributed by atoms with E-state index in [9.17, 15) is 8.60 Å². The van der Waals surface area contributed by atoms with Crippen LogP contribution in [0.25, 0.3) is 0 Å². The van der Waals surface area contributed by atoms with E-state index in [-0.39, 0.29) is 11.1 Å². The van der Waals surface area contributed by atoms with Gasteiger partial charge in [0.2, 0.25) is 0 Å². The van der Waals surface area contributed by atoms with Crippen molar-refractivity contribution in [2.45, 2.75) is 42.8 Å². The molecule has 4 heteroatoms. The summed E-state index contributed by atoms with van der Waals surface area (Å²) in [5.74, 6) is 0.235. The van der Waals surface area contributed by atoms with Gasteiger partial charge < -0.3 is 5.73 Å². The van der Waals surface area contributed by atoms with Crippen molar-refractivity contribution < 1.29 is 8.60 Å². The number of benzene rings is 1. The van der Waals surface area contributed by atoms with Crippen LogP contribution in [0.3, 0.4) is 0 Å². The number of nitrogens with two attached hydrogens (primary N) is 1. The molecule has 0 saturated heterocycles. The summed E-state index contributed by atoms with van der Waals surface area (Å²) in [6.07, 6.45) is 4.20. The normalized spacial score (nSPS) is 26.7. The molecule has 2 rings (SSSR count). The predicted molar refractivity (Wildman–Crippen MR) is 68.6 cm³/mol. The molecular weight excluding hydrogens is 237 g/mol. The van der Waals surface area contributed by atoms with Gasteiger partial charge in [0.1, 0.15) is 5.82 Å². The van der Waals surface area contributed by atoms with Crippen LogP contribution < -0.4 is 5.73 Å². The molecule has 0 spiro atoms. The highest BCUT2D eigenvalue weighted by Crippen LogP contribution is 2.31. The van der Waals surface area contributed by atoms with E-state index in [1.54, 1.807) is 0 Å². The Morgan fingerprint density at radius 2 is 2.18 bits per heavy atom. The largest absolute Gasteiger partial charge is 0.398 e. The first-order chi connectivity index (χ1) is 8.08. The smallest absolute Gasteiger partial charge is 0.124 e. The average molecular weight is 255 g/mol. The van der Waals surface area contributed by atoms with Crippen LogP contribution in [0, 0.1) is 11.7 Å².